The van der Waals surface area contributed by atoms with Crippen LogP contribution in [0.25, 0.3) is 10.6 Å². The first-order valence-corrected chi connectivity index (χ1v) is 18.1. The van der Waals surface area contributed by atoms with Crippen LogP contribution in [0.4, 0.5) is 0 Å². The fourth-order valence-electron chi connectivity index (χ4n) is 5.11. The van der Waals surface area contributed by atoms with Crippen molar-refractivity contribution in [1.29, 1.82) is 0 Å². The summed E-state index contributed by atoms with van der Waals surface area (Å²) >= 11 is 3.23. The summed E-state index contributed by atoms with van der Waals surface area (Å²) in [5, 5.41) is 10.8. The van der Waals surface area contributed by atoms with Gasteiger partial charge in [0, 0.05) is 16.9 Å². The van der Waals surface area contributed by atoms with E-state index in [0.29, 0.717) is 10.6 Å². The van der Waals surface area contributed by atoms with Crippen LogP contribution in [-0.4, -0.2) is 16.2 Å². The number of hydrogen-bond donors (Lipinski definition) is 0. The van der Waals surface area contributed by atoms with Gasteiger partial charge < -0.3 is 4.74 Å². The second kappa shape index (κ2) is 20.8. The molecule has 0 saturated carbocycles. The van der Waals surface area contributed by atoms with Crippen molar-refractivity contribution in [2.24, 2.45) is 0 Å². The van der Waals surface area contributed by atoms with Crippen LogP contribution in [0.15, 0.2) is 36.4 Å². The first-order valence-electron chi connectivity index (χ1n) is 16.4. The summed E-state index contributed by atoms with van der Waals surface area (Å²) in [5.74, 6) is 0.285. The summed E-state index contributed by atoms with van der Waals surface area (Å²) in [6, 6.07) is 11.6. The number of aryl methyl sites for hydroxylation is 2. The molecule has 4 nitrogen and oxygen atoms in total. The fourth-order valence-corrected chi connectivity index (χ4v) is 6.93. The number of hydrogen-bond acceptors (Lipinski definition) is 6. The van der Waals surface area contributed by atoms with E-state index in [1.165, 1.54) is 120 Å². The van der Waals surface area contributed by atoms with Crippen molar-refractivity contribution in [2.45, 2.75) is 142 Å². The Balaban J connectivity index is 1.31. The van der Waals surface area contributed by atoms with Crippen molar-refractivity contribution >= 4 is 28.6 Å². The van der Waals surface area contributed by atoms with Gasteiger partial charge in [-0.05, 0) is 55.7 Å². The predicted octanol–water partition coefficient (Wildman–Crippen LogP) is 11.6. The average molecular weight is 597 g/mol. The molecule has 3 rings (SSSR count). The molecular weight excluding hydrogens is 545 g/mol. The van der Waals surface area contributed by atoms with Gasteiger partial charge in [-0.15, -0.1) is 21.5 Å². The van der Waals surface area contributed by atoms with Gasteiger partial charge in [0.1, 0.15) is 20.6 Å². The zero-order valence-corrected chi connectivity index (χ0v) is 27.3. The Labute approximate surface area is 257 Å². The lowest BCUT2D eigenvalue weighted by molar-refractivity contribution is 0.0740. The smallest absolute Gasteiger partial charge is 0.353 e. The van der Waals surface area contributed by atoms with Crippen LogP contribution >= 0.6 is 22.7 Å². The highest BCUT2D eigenvalue weighted by atomic mass is 32.1. The largest absolute Gasteiger partial charge is 0.422 e. The van der Waals surface area contributed by atoms with E-state index in [2.05, 4.69) is 30.1 Å². The molecule has 0 radical (unpaired) electrons. The van der Waals surface area contributed by atoms with Crippen molar-refractivity contribution in [2.75, 3.05) is 0 Å². The molecule has 0 fully saturated rings. The number of ether oxygens (including phenoxy) is 1. The van der Waals surface area contributed by atoms with Crippen LogP contribution < -0.4 is 4.74 Å². The lowest BCUT2D eigenvalue weighted by Gasteiger charge is -2.03. The fraction of sp³-hybridized carbons (Fsp3) is 0.629. The Morgan fingerprint density at radius 2 is 1.15 bits per heavy atom. The number of unbranched alkanes of at least 4 members (excludes halogenated alkanes) is 16. The van der Waals surface area contributed by atoms with Crippen molar-refractivity contribution in [3.63, 3.8) is 0 Å². The SMILES string of the molecule is CCCCCCCCCCCCc1ccc(C(=O)Oc2ccc(-c3nnc(CCCCCCCCCC)s3)cc2)s1. The van der Waals surface area contributed by atoms with Gasteiger partial charge in [-0.1, -0.05) is 128 Å². The van der Waals surface area contributed by atoms with Crippen LogP contribution in [0.2, 0.25) is 0 Å². The minimum Gasteiger partial charge on any atom is -0.422 e. The molecule has 3 aromatic rings. The predicted molar refractivity (Wildman–Crippen MR) is 176 cm³/mol. The molecule has 0 aliphatic carbocycles. The van der Waals surface area contributed by atoms with Gasteiger partial charge >= 0.3 is 5.97 Å². The van der Waals surface area contributed by atoms with E-state index >= 15 is 0 Å². The number of esters is 1. The van der Waals surface area contributed by atoms with Crippen molar-refractivity contribution < 1.29 is 9.53 Å². The molecule has 0 atom stereocenters. The molecule has 41 heavy (non-hydrogen) atoms. The van der Waals surface area contributed by atoms with E-state index < -0.39 is 0 Å². The Morgan fingerprint density at radius 1 is 0.610 bits per heavy atom. The number of thiophene rings is 1. The normalized spacial score (nSPS) is 11.3. The first kappa shape index (κ1) is 33.5. The minimum atomic E-state index is -0.277. The summed E-state index contributed by atoms with van der Waals surface area (Å²) in [7, 11) is 0. The average Bonchev–Trinajstić information content (AvgIpc) is 3.66. The molecule has 2 heterocycles. The van der Waals surface area contributed by atoms with Crippen molar-refractivity contribution in [3.8, 4) is 16.3 Å². The Bertz CT molecular complexity index is 1090. The van der Waals surface area contributed by atoms with Crippen LogP contribution in [0.1, 0.15) is 149 Å². The Hall–Kier alpha value is -2.05. The van der Waals surface area contributed by atoms with Crippen LogP contribution in [0, 0.1) is 0 Å². The van der Waals surface area contributed by atoms with Crippen LogP contribution in [0.5, 0.6) is 5.75 Å². The maximum atomic E-state index is 12.7. The summed E-state index contributed by atoms with van der Waals surface area (Å²) in [6.07, 6.45) is 26.0. The first-order chi connectivity index (χ1) is 20.2. The molecule has 0 unspecified atom stereocenters. The summed E-state index contributed by atoms with van der Waals surface area (Å²) in [5.41, 5.74) is 1.01. The maximum absolute atomic E-state index is 12.7. The third-order valence-electron chi connectivity index (χ3n) is 7.66. The second-order valence-electron chi connectivity index (χ2n) is 11.3. The molecule has 0 saturated heterocycles. The van der Waals surface area contributed by atoms with E-state index in [4.69, 9.17) is 4.74 Å². The molecule has 226 valence electrons. The molecule has 6 heteroatoms. The van der Waals surface area contributed by atoms with E-state index in [1.54, 1.807) is 22.7 Å². The van der Waals surface area contributed by atoms with E-state index in [-0.39, 0.29) is 5.97 Å². The lowest BCUT2D eigenvalue weighted by atomic mass is 10.1. The Morgan fingerprint density at radius 3 is 1.73 bits per heavy atom. The third kappa shape index (κ3) is 13.6. The molecular formula is C35H52N2O2S2. The van der Waals surface area contributed by atoms with Gasteiger partial charge in [0.15, 0.2) is 0 Å². The molecule has 0 N–H and O–H groups in total. The molecule has 0 aliphatic heterocycles. The molecule has 0 amide bonds. The number of aromatic nitrogens is 2. The Kier molecular flexibility index (Phi) is 16.9. The van der Waals surface area contributed by atoms with E-state index in [9.17, 15) is 4.79 Å². The standard InChI is InChI=1S/C35H52N2O2S2/c1-3-5-7-9-11-13-14-15-17-19-21-31-27-28-32(40-31)35(38)39-30-25-23-29(24-26-30)34-37-36-33(41-34)22-20-18-16-12-10-8-6-4-2/h23-28H,3-22H2,1-2H3. The van der Waals surface area contributed by atoms with Gasteiger partial charge in [0.25, 0.3) is 0 Å². The van der Waals surface area contributed by atoms with Gasteiger partial charge in [0.2, 0.25) is 0 Å². The van der Waals surface area contributed by atoms with Gasteiger partial charge in [-0.2, -0.15) is 0 Å². The number of benzene rings is 1. The van der Waals surface area contributed by atoms with Gasteiger partial charge in [0.05, 0.1) is 0 Å². The van der Waals surface area contributed by atoms with E-state index in [0.717, 1.165) is 28.4 Å². The molecule has 2 aromatic heterocycles. The maximum Gasteiger partial charge on any atom is 0.353 e. The highest BCUT2D eigenvalue weighted by Gasteiger charge is 2.13. The number of rotatable bonds is 23. The second-order valence-corrected chi connectivity index (χ2v) is 13.6. The monoisotopic (exact) mass is 596 g/mol. The van der Waals surface area contributed by atoms with Crippen molar-refractivity contribution in [3.05, 3.63) is 51.2 Å². The van der Waals surface area contributed by atoms with Gasteiger partial charge in [-0.3, -0.25) is 0 Å². The third-order valence-corrected chi connectivity index (χ3v) is 9.82. The summed E-state index contributed by atoms with van der Waals surface area (Å²) in [6.45, 7) is 4.53. The van der Waals surface area contributed by atoms with Gasteiger partial charge in [-0.25, -0.2) is 4.79 Å². The molecule has 0 aliphatic rings. The van der Waals surface area contributed by atoms with Crippen LogP contribution in [-0.2, 0) is 12.8 Å². The zero-order valence-electron chi connectivity index (χ0n) is 25.6. The molecule has 0 bridgehead atoms. The highest BCUT2D eigenvalue weighted by molar-refractivity contribution is 7.14. The van der Waals surface area contributed by atoms with Crippen LogP contribution in [0.3, 0.4) is 0 Å². The summed E-state index contributed by atoms with van der Waals surface area (Å²) in [4.78, 5) is 14.7. The molecule has 0 spiro atoms. The highest BCUT2D eigenvalue weighted by Crippen LogP contribution is 2.27. The quantitative estimate of drug-likeness (QED) is 0.0620. The van der Waals surface area contributed by atoms with Crippen molar-refractivity contribution in [1.82, 2.24) is 10.2 Å². The molecule has 1 aromatic carbocycles. The number of carbonyl (C=O) groups excluding carboxylic acids is 1. The lowest BCUT2D eigenvalue weighted by Crippen LogP contribution is -2.06. The topological polar surface area (TPSA) is 52.1 Å². The summed E-state index contributed by atoms with van der Waals surface area (Å²) < 4.78 is 5.66. The number of nitrogens with zero attached hydrogens (tertiary/aromatic N) is 2. The minimum absolute atomic E-state index is 0.277. The number of carbonyl (C=O) groups is 1. The van der Waals surface area contributed by atoms with E-state index in [1.807, 2.05) is 30.3 Å². The zero-order chi connectivity index (χ0) is 29.0.